The van der Waals surface area contributed by atoms with E-state index < -0.39 is 5.82 Å². The van der Waals surface area contributed by atoms with Crippen LogP contribution in [0.5, 0.6) is 5.75 Å². The Morgan fingerprint density at radius 2 is 1.95 bits per heavy atom. The summed E-state index contributed by atoms with van der Waals surface area (Å²) in [6.45, 7) is -0.157. The maximum absolute atomic E-state index is 12.9. The van der Waals surface area contributed by atoms with E-state index in [2.05, 4.69) is 27.9 Å². The lowest BCUT2D eigenvalue weighted by atomic mass is 10.3. The van der Waals surface area contributed by atoms with Crippen LogP contribution in [-0.4, -0.2) is 12.5 Å². The van der Waals surface area contributed by atoms with E-state index in [9.17, 15) is 9.18 Å². The maximum atomic E-state index is 12.9. The van der Waals surface area contributed by atoms with Crippen LogP contribution in [0.3, 0.4) is 0 Å². The maximum Gasteiger partial charge on any atom is 0.262 e. The molecule has 5 heteroatoms. The average Bonchev–Trinajstić information content (AvgIpc) is 2.39. The van der Waals surface area contributed by atoms with Gasteiger partial charge >= 0.3 is 0 Å². The highest BCUT2D eigenvalue weighted by atomic mass is 127. The van der Waals surface area contributed by atoms with Crippen LogP contribution in [-0.2, 0) is 4.79 Å². The highest BCUT2D eigenvalue weighted by molar-refractivity contribution is 14.1. The number of carbonyl (C=O) groups is 1. The quantitative estimate of drug-likeness (QED) is 0.837. The van der Waals surface area contributed by atoms with Crippen molar-refractivity contribution in [2.45, 2.75) is 0 Å². The lowest BCUT2D eigenvalue weighted by molar-refractivity contribution is -0.118. The molecule has 0 spiro atoms. The summed E-state index contributed by atoms with van der Waals surface area (Å²) in [6.07, 6.45) is 0. The Hall–Kier alpha value is -1.63. The summed E-state index contributed by atoms with van der Waals surface area (Å²) in [5.74, 6) is -0.348. The lowest BCUT2D eigenvalue weighted by Crippen LogP contribution is -2.20. The van der Waals surface area contributed by atoms with Crippen molar-refractivity contribution in [1.82, 2.24) is 0 Å². The van der Waals surface area contributed by atoms with Gasteiger partial charge in [0.05, 0.1) is 0 Å². The molecule has 98 valence electrons. The number of rotatable bonds is 4. The number of hydrogen-bond acceptors (Lipinski definition) is 2. The first kappa shape index (κ1) is 13.8. The number of hydrogen-bond donors (Lipinski definition) is 1. The summed E-state index contributed by atoms with van der Waals surface area (Å²) in [4.78, 5) is 11.6. The fourth-order valence-electron chi connectivity index (χ4n) is 1.44. The molecule has 0 aromatic heterocycles. The van der Waals surface area contributed by atoms with Crippen LogP contribution in [0.4, 0.5) is 10.1 Å². The van der Waals surface area contributed by atoms with E-state index in [0.717, 1.165) is 3.57 Å². The monoisotopic (exact) mass is 371 g/mol. The molecule has 0 saturated carbocycles. The molecule has 0 atom stereocenters. The molecular formula is C14H11FINO2. The van der Waals surface area contributed by atoms with Gasteiger partial charge in [-0.15, -0.1) is 0 Å². The summed E-state index contributed by atoms with van der Waals surface area (Å²) in [6, 6.07) is 13.1. The van der Waals surface area contributed by atoms with E-state index >= 15 is 0 Å². The molecule has 0 unspecified atom stereocenters. The van der Waals surface area contributed by atoms with E-state index in [-0.39, 0.29) is 12.5 Å². The molecule has 0 radical (unpaired) electrons. The standard InChI is InChI=1S/C14H11FINO2/c15-10-2-1-3-13(8-10)19-9-14(18)17-12-6-4-11(16)5-7-12/h1-8H,9H2,(H,17,18). The number of ether oxygens (including phenoxy) is 1. The van der Waals surface area contributed by atoms with Gasteiger partial charge in [-0.25, -0.2) is 4.39 Å². The summed E-state index contributed by atoms with van der Waals surface area (Å²) in [5.41, 5.74) is 0.702. The van der Waals surface area contributed by atoms with Crippen LogP contribution in [0, 0.1) is 9.39 Å². The van der Waals surface area contributed by atoms with Crippen molar-refractivity contribution in [3.8, 4) is 5.75 Å². The number of amides is 1. The first-order chi connectivity index (χ1) is 9.13. The van der Waals surface area contributed by atoms with Crippen molar-refractivity contribution in [2.24, 2.45) is 0 Å². The van der Waals surface area contributed by atoms with Gasteiger partial charge in [0.25, 0.3) is 5.91 Å². The third-order valence-corrected chi connectivity index (χ3v) is 3.01. The normalized spacial score (nSPS) is 10.0. The van der Waals surface area contributed by atoms with Crippen molar-refractivity contribution in [3.05, 3.63) is 57.9 Å². The second kappa shape index (κ2) is 6.51. The van der Waals surface area contributed by atoms with Crippen LogP contribution < -0.4 is 10.1 Å². The van der Waals surface area contributed by atoms with Gasteiger partial charge in [-0.05, 0) is 59.0 Å². The summed E-state index contributed by atoms with van der Waals surface area (Å²) in [7, 11) is 0. The van der Waals surface area contributed by atoms with Crippen LogP contribution in [0.1, 0.15) is 0 Å². The van der Waals surface area contributed by atoms with E-state index in [0.29, 0.717) is 11.4 Å². The van der Waals surface area contributed by atoms with Gasteiger partial charge in [0.1, 0.15) is 11.6 Å². The van der Waals surface area contributed by atoms with E-state index in [1.165, 1.54) is 18.2 Å². The van der Waals surface area contributed by atoms with Gasteiger partial charge in [0.2, 0.25) is 0 Å². The number of carbonyl (C=O) groups excluding carboxylic acids is 1. The molecule has 1 amide bonds. The van der Waals surface area contributed by atoms with Crippen molar-refractivity contribution >= 4 is 34.2 Å². The number of anilines is 1. The third kappa shape index (κ3) is 4.51. The average molecular weight is 371 g/mol. The third-order valence-electron chi connectivity index (χ3n) is 2.29. The molecule has 0 bridgehead atoms. The molecular weight excluding hydrogens is 360 g/mol. The highest BCUT2D eigenvalue weighted by Gasteiger charge is 2.04. The molecule has 0 fully saturated rings. The molecule has 2 rings (SSSR count). The van der Waals surface area contributed by atoms with Gasteiger partial charge in [-0.3, -0.25) is 4.79 Å². The molecule has 1 N–H and O–H groups in total. The van der Waals surface area contributed by atoms with Gasteiger partial charge in [0, 0.05) is 15.3 Å². The summed E-state index contributed by atoms with van der Waals surface area (Å²) < 4.78 is 19.2. The predicted molar refractivity (Wildman–Crippen MR) is 79.7 cm³/mol. The zero-order valence-electron chi connectivity index (χ0n) is 9.90. The van der Waals surface area contributed by atoms with Gasteiger partial charge < -0.3 is 10.1 Å². The molecule has 2 aromatic carbocycles. The van der Waals surface area contributed by atoms with Crippen LogP contribution in [0.2, 0.25) is 0 Å². The van der Waals surface area contributed by atoms with Gasteiger partial charge in [0.15, 0.2) is 6.61 Å². The van der Waals surface area contributed by atoms with Crippen molar-refractivity contribution < 1.29 is 13.9 Å². The Kier molecular flexibility index (Phi) is 4.73. The zero-order valence-corrected chi connectivity index (χ0v) is 12.1. The summed E-state index contributed by atoms with van der Waals surface area (Å²) in [5, 5.41) is 2.69. The minimum atomic E-state index is -0.393. The second-order valence-corrected chi connectivity index (χ2v) is 5.05. The van der Waals surface area contributed by atoms with Gasteiger partial charge in [-0.2, -0.15) is 0 Å². The molecule has 2 aromatic rings. The number of halogens is 2. The van der Waals surface area contributed by atoms with Crippen molar-refractivity contribution in [2.75, 3.05) is 11.9 Å². The number of benzene rings is 2. The van der Waals surface area contributed by atoms with Crippen LogP contribution in [0.25, 0.3) is 0 Å². The van der Waals surface area contributed by atoms with Crippen LogP contribution in [0.15, 0.2) is 48.5 Å². The molecule has 0 heterocycles. The minimum absolute atomic E-state index is 0.157. The Labute approximate surface area is 123 Å². The smallest absolute Gasteiger partial charge is 0.262 e. The largest absolute Gasteiger partial charge is 0.484 e. The Morgan fingerprint density at radius 3 is 2.63 bits per heavy atom. The lowest BCUT2D eigenvalue weighted by Gasteiger charge is -2.07. The molecule has 3 nitrogen and oxygen atoms in total. The molecule has 0 saturated heterocycles. The Balaban J connectivity index is 1.86. The SMILES string of the molecule is O=C(COc1cccc(F)c1)Nc1ccc(I)cc1. The van der Waals surface area contributed by atoms with Crippen LogP contribution >= 0.6 is 22.6 Å². The molecule has 0 aliphatic carbocycles. The Morgan fingerprint density at radius 1 is 1.21 bits per heavy atom. The fraction of sp³-hybridized carbons (Fsp3) is 0.0714. The van der Waals surface area contributed by atoms with E-state index in [4.69, 9.17) is 4.74 Å². The van der Waals surface area contributed by atoms with Gasteiger partial charge in [-0.1, -0.05) is 6.07 Å². The van der Waals surface area contributed by atoms with E-state index in [1.807, 2.05) is 24.3 Å². The minimum Gasteiger partial charge on any atom is -0.484 e. The summed E-state index contributed by atoms with van der Waals surface area (Å²) >= 11 is 2.18. The number of nitrogens with one attached hydrogen (secondary N) is 1. The topological polar surface area (TPSA) is 38.3 Å². The van der Waals surface area contributed by atoms with E-state index in [1.54, 1.807) is 6.07 Å². The molecule has 19 heavy (non-hydrogen) atoms. The Bertz CT molecular complexity index is 572. The molecule has 0 aliphatic heterocycles. The van der Waals surface area contributed by atoms with Crippen molar-refractivity contribution in [3.63, 3.8) is 0 Å². The van der Waals surface area contributed by atoms with Crippen molar-refractivity contribution in [1.29, 1.82) is 0 Å². The fourth-order valence-corrected chi connectivity index (χ4v) is 1.80. The highest BCUT2D eigenvalue weighted by Crippen LogP contribution is 2.13. The molecule has 0 aliphatic rings. The first-order valence-corrected chi connectivity index (χ1v) is 6.65. The first-order valence-electron chi connectivity index (χ1n) is 5.57. The predicted octanol–water partition coefficient (Wildman–Crippen LogP) is 3.45. The second-order valence-electron chi connectivity index (χ2n) is 3.80. The zero-order chi connectivity index (χ0) is 13.7.